The third-order valence-corrected chi connectivity index (χ3v) is 1.10. The highest BCUT2D eigenvalue weighted by Crippen LogP contribution is 1.98. The number of rotatable bonds is 2. The second-order valence-corrected chi connectivity index (χ2v) is 1.85. The lowest BCUT2D eigenvalue weighted by atomic mass is 10.4. The van der Waals surface area contributed by atoms with Gasteiger partial charge < -0.3 is 5.11 Å². The van der Waals surface area contributed by atoms with Crippen LogP contribution in [0.15, 0.2) is 16.7 Å². The Morgan fingerprint density at radius 3 is 2.38 bits per heavy atom. The fourth-order valence-corrected chi connectivity index (χ4v) is 0.569. The molecule has 0 aromatic carbocycles. The number of nitrogens with zero attached hydrogens (tertiary/aromatic N) is 1. The van der Waals surface area contributed by atoms with Gasteiger partial charge >= 0.3 is 0 Å². The van der Waals surface area contributed by atoms with E-state index in [2.05, 4.69) is 11.0 Å². The van der Waals surface area contributed by atoms with Gasteiger partial charge in [-0.2, -0.15) is 0 Å². The molecule has 0 aliphatic rings. The molecule has 0 heterocycles. The lowest BCUT2D eigenvalue weighted by molar-refractivity contribution is 0.446. The summed E-state index contributed by atoms with van der Waals surface area (Å²) in [5.74, 6) is 0.0411. The van der Waals surface area contributed by atoms with Crippen LogP contribution in [0.25, 0.3) is 0 Å². The third-order valence-electron chi connectivity index (χ3n) is 0.646. The molecule has 0 saturated heterocycles. The highest BCUT2D eigenvalue weighted by Gasteiger charge is 1.89. The normalized spacial score (nSPS) is 11.5. The smallest absolute Gasteiger partial charge is 0.130 e. The van der Waals surface area contributed by atoms with Crippen LogP contribution in [0.2, 0.25) is 0 Å². The highest BCUT2D eigenvalue weighted by atomic mass is 32.2. The van der Waals surface area contributed by atoms with E-state index in [1.165, 1.54) is 11.9 Å². The molecule has 8 heavy (non-hydrogen) atoms. The summed E-state index contributed by atoms with van der Waals surface area (Å²) >= 11 is 1.31. The SMILES string of the molecule is C=C(O)C(C)=NSC. The Morgan fingerprint density at radius 1 is 1.75 bits per heavy atom. The van der Waals surface area contributed by atoms with Gasteiger partial charge in [0.15, 0.2) is 0 Å². The fraction of sp³-hybridized carbons (Fsp3) is 0.400. The number of hydrogen-bond donors (Lipinski definition) is 1. The Morgan fingerprint density at radius 2 is 2.25 bits per heavy atom. The minimum Gasteiger partial charge on any atom is -0.507 e. The van der Waals surface area contributed by atoms with Gasteiger partial charge in [0, 0.05) is 6.26 Å². The van der Waals surface area contributed by atoms with Crippen LogP contribution in [0.4, 0.5) is 0 Å². The van der Waals surface area contributed by atoms with E-state index in [0.717, 1.165) is 0 Å². The molecule has 0 aliphatic carbocycles. The predicted octanol–water partition coefficient (Wildman–Crippen LogP) is 1.80. The lowest BCUT2D eigenvalue weighted by Gasteiger charge is -1.91. The Hall–Kier alpha value is -0.440. The molecule has 2 nitrogen and oxygen atoms in total. The summed E-state index contributed by atoms with van der Waals surface area (Å²) in [5, 5.41) is 8.61. The molecule has 46 valence electrons. The Bertz CT molecular complexity index is 120. The van der Waals surface area contributed by atoms with Crippen molar-refractivity contribution in [1.29, 1.82) is 0 Å². The van der Waals surface area contributed by atoms with Gasteiger partial charge in [-0.15, -0.1) is 0 Å². The maximum absolute atomic E-state index is 8.61. The van der Waals surface area contributed by atoms with Gasteiger partial charge in [0.2, 0.25) is 0 Å². The molecule has 0 aromatic rings. The molecule has 0 amide bonds. The number of allylic oxidation sites excluding steroid dienone is 1. The maximum Gasteiger partial charge on any atom is 0.130 e. The first-order chi connectivity index (χ1) is 3.68. The Kier molecular flexibility index (Phi) is 3.35. The number of aliphatic hydroxyl groups is 1. The summed E-state index contributed by atoms with van der Waals surface area (Å²) in [7, 11) is 0. The monoisotopic (exact) mass is 131 g/mol. The van der Waals surface area contributed by atoms with E-state index in [9.17, 15) is 0 Å². The molecule has 0 aliphatic heterocycles. The number of hydrogen-bond acceptors (Lipinski definition) is 3. The summed E-state index contributed by atoms with van der Waals surface area (Å²) in [4.78, 5) is 0. The van der Waals surface area contributed by atoms with Crippen LogP contribution >= 0.6 is 11.9 Å². The largest absolute Gasteiger partial charge is 0.507 e. The number of aliphatic hydroxyl groups excluding tert-OH is 1. The van der Waals surface area contributed by atoms with Crippen molar-refractivity contribution < 1.29 is 5.11 Å². The first kappa shape index (κ1) is 7.56. The van der Waals surface area contributed by atoms with E-state index in [-0.39, 0.29) is 5.76 Å². The van der Waals surface area contributed by atoms with Gasteiger partial charge in [-0.25, -0.2) is 4.40 Å². The lowest BCUT2D eigenvalue weighted by Crippen LogP contribution is -1.91. The van der Waals surface area contributed by atoms with Crippen molar-refractivity contribution in [3.8, 4) is 0 Å². The highest BCUT2D eigenvalue weighted by molar-refractivity contribution is 7.97. The zero-order valence-corrected chi connectivity index (χ0v) is 5.83. The van der Waals surface area contributed by atoms with Gasteiger partial charge in [0.25, 0.3) is 0 Å². The molecule has 0 unspecified atom stereocenters. The van der Waals surface area contributed by atoms with E-state index >= 15 is 0 Å². The van der Waals surface area contributed by atoms with Crippen LogP contribution in [-0.2, 0) is 0 Å². The zero-order chi connectivity index (χ0) is 6.57. The molecule has 0 aromatic heterocycles. The topological polar surface area (TPSA) is 32.6 Å². The molecule has 0 saturated carbocycles. The molecule has 0 radical (unpaired) electrons. The first-order valence-electron chi connectivity index (χ1n) is 2.14. The first-order valence-corrected chi connectivity index (χ1v) is 3.32. The third kappa shape index (κ3) is 2.69. The second-order valence-electron chi connectivity index (χ2n) is 1.31. The molecule has 0 atom stereocenters. The van der Waals surface area contributed by atoms with E-state index in [1.54, 1.807) is 6.92 Å². The van der Waals surface area contributed by atoms with Crippen LogP contribution < -0.4 is 0 Å². The fourth-order valence-electron chi connectivity index (χ4n) is 0.190. The van der Waals surface area contributed by atoms with Crippen LogP contribution in [0, 0.1) is 0 Å². The average molecular weight is 131 g/mol. The van der Waals surface area contributed by atoms with E-state index in [0.29, 0.717) is 5.71 Å². The van der Waals surface area contributed by atoms with Crippen molar-refractivity contribution in [2.75, 3.05) is 6.26 Å². The minimum absolute atomic E-state index is 0.0411. The second kappa shape index (κ2) is 3.55. The summed E-state index contributed by atoms with van der Waals surface area (Å²) < 4.78 is 3.81. The molecule has 1 N–H and O–H groups in total. The summed E-state index contributed by atoms with van der Waals surface area (Å²) in [6.07, 6.45) is 1.83. The van der Waals surface area contributed by atoms with E-state index in [4.69, 9.17) is 5.11 Å². The van der Waals surface area contributed by atoms with Crippen LogP contribution in [0.5, 0.6) is 0 Å². The molecular weight excluding hydrogens is 122 g/mol. The van der Waals surface area contributed by atoms with Crippen LogP contribution in [0.3, 0.4) is 0 Å². The molecule has 0 bridgehead atoms. The Labute approximate surface area is 53.5 Å². The van der Waals surface area contributed by atoms with Gasteiger partial charge in [-0.05, 0) is 18.9 Å². The van der Waals surface area contributed by atoms with Gasteiger partial charge in [0.05, 0.1) is 5.71 Å². The van der Waals surface area contributed by atoms with Crippen LogP contribution in [0.1, 0.15) is 6.92 Å². The van der Waals surface area contributed by atoms with Gasteiger partial charge in [0.1, 0.15) is 5.76 Å². The molecule has 0 rings (SSSR count). The van der Waals surface area contributed by atoms with E-state index in [1.807, 2.05) is 6.26 Å². The van der Waals surface area contributed by atoms with Crippen molar-refractivity contribution in [3.05, 3.63) is 12.3 Å². The van der Waals surface area contributed by atoms with Crippen molar-refractivity contribution >= 4 is 17.7 Å². The molecule has 0 spiro atoms. The average Bonchev–Trinajstić information content (AvgIpc) is 1.67. The van der Waals surface area contributed by atoms with Crippen molar-refractivity contribution in [3.63, 3.8) is 0 Å². The van der Waals surface area contributed by atoms with Gasteiger partial charge in [-0.1, -0.05) is 6.58 Å². The van der Waals surface area contributed by atoms with Gasteiger partial charge in [-0.3, -0.25) is 0 Å². The standard InChI is InChI=1S/C5H9NOS/c1-4(5(2)7)6-8-3/h7H,2H2,1,3H3. The predicted molar refractivity (Wildman–Crippen MR) is 38.4 cm³/mol. The van der Waals surface area contributed by atoms with Crippen molar-refractivity contribution in [1.82, 2.24) is 0 Å². The summed E-state index contributed by atoms with van der Waals surface area (Å²) in [6.45, 7) is 4.99. The Balaban J connectivity index is 3.80. The van der Waals surface area contributed by atoms with Crippen LogP contribution in [-0.4, -0.2) is 17.1 Å². The van der Waals surface area contributed by atoms with Crippen molar-refractivity contribution in [2.45, 2.75) is 6.92 Å². The zero-order valence-electron chi connectivity index (χ0n) is 5.01. The summed E-state index contributed by atoms with van der Waals surface area (Å²) in [5.41, 5.74) is 0.581. The molecular formula is C5H9NOS. The van der Waals surface area contributed by atoms with Crippen molar-refractivity contribution in [2.24, 2.45) is 4.40 Å². The molecule has 3 heteroatoms. The quantitative estimate of drug-likeness (QED) is 0.352. The minimum atomic E-state index is 0.0411. The molecule has 0 fully saturated rings. The summed E-state index contributed by atoms with van der Waals surface area (Å²) in [6, 6.07) is 0. The van der Waals surface area contributed by atoms with E-state index < -0.39 is 0 Å². The maximum atomic E-state index is 8.61.